The first kappa shape index (κ1) is 28.2. The molecule has 0 saturated heterocycles. The van der Waals surface area contributed by atoms with Crippen LogP contribution in [0.5, 0.6) is 0 Å². The molecular formula is C28H32ClN3O4S. The number of rotatable bonds is 10. The van der Waals surface area contributed by atoms with Crippen LogP contribution in [-0.2, 0) is 26.2 Å². The molecular weight excluding hydrogens is 510 g/mol. The van der Waals surface area contributed by atoms with E-state index in [-0.39, 0.29) is 17.3 Å². The van der Waals surface area contributed by atoms with Crippen LogP contribution in [0.4, 0.5) is 5.69 Å². The zero-order valence-electron chi connectivity index (χ0n) is 21.4. The second-order valence-electron chi connectivity index (χ2n) is 8.80. The molecule has 37 heavy (non-hydrogen) atoms. The Kier molecular flexibility index (Phi) is 9.34. The third-order valence-electron chi connectivity index (χ3n) is 6.13. The Morgan fingerprint density at radius 1 is 0.973 bits per heavy atom. The summed E-state index contributed by atoms with van der Waals surface area (Å²) in [5, 5.41) is 3.03. The molecule has 0 spiro atoms. The Morgan fingerprint density at radius 2 is 1.65 bits per heavy atom. The highest BCUT2D eigenvalue weighted by Gasteiger charge is 2.33. The standard InChI is InChI=1S/C28H32ClN3O4S/c1-5-25(28(34)30-4)31(18-22-11-8-9-20(2)17-22)27(33)19-32(26-12-7-6-10-21(26)3)37(35,36)24-15-13-23(29)14-16-24/h6-17,25H,5,18-19H2,1-4H3,(H,30,34)/t25-/m0/s1. The monoisotopic (exact) mass is 541 g/mol. The maximum absolute atomic E-state index is 13.9. The smallest absolute Gasteiger partial charge is 0.264 e. The van der Waals surface area contributed by atoms with Crippen molar-refractivity contribution in [3.05, 3.63) is 94.5 Å². The summed E-state index contributed by atoms with van der Waals surface area (Å²) >= 11 is 5.98. The highest BCUT2D eigenvalue weighted by molar-refractivity contribution is 7.92. The number of amides is 2. The van der Waals surface area contributed by atoms with Crippen LogP contribution in [0.25, 0.3) is 0 Å². The summed E-state index contributed by atoms with van der Waals surface area (Å²) in [4.78, 5) is 28.1. The van der Waals surface area contributed by atoms with Gasteiger partial charge in [-0.05, 0) is 61.7 Å². The van der Waals surface area contributed by atoms with Crippen molar-refractivity contribution in [3.8, 4) is 0 Å². The predicted octanol–water partition coefficient (Wildman–Crippen LogP) is 4.71. The molecule has 0 unspecified atom stereocenters. The lowest BCUT2D eigenvalue weighted by atomic mass is 10.1. The number of sulfonamides is 1. The van der Waals surface area contributed by atoms with Crippen molar-refractivity contribution in [3.63, 3.8) is 0 Å². The third kappa shape index (κ3) is 6.70. The summed E-state index contributed by atoms with van der Waals surface area (Å²) in [6.07, 6.45) is 0.367. The lowest BCUT2D eigenvalue weighted by molar-refractivity contribution is -0.140. The van der Waals surface area contributed by atoms with Crippen LogP contribution in [0.3, 0.4) is 0 Å². The van der Waals surface area contributed by atoms with E-state index in [0.717, 1.165) is 15.4 Å². The summed E-state index contributed by atoms with van der Waals surface area (Å²) in [6, 6.07) is 19.7. The quantitative estimate of drug-likeness (QED) is 0.403. The molecule has 1 atom stereocenters. The van der Waals surface area contributed by atoms with Gasteiger partial charge in [-0.2, -0.15) is 0 Å². The van der Waals surface area contributed by atoms with Gasteiger partial charge in [0.2, 0.25) is 11.8 Å². The highest BCUT2D eigenvalue weighted by Crippen LogP contribution is 2.28. The summed E-state index contributed by atoms with van der Waals surface area (Å²) in [5.74, 6) is -0.802. The molecule has 3 aromatic carbocycles. The third-order valence-corrected chi connectivity index (χ3v) is 8.16. The van der Waals surface area contributed by atoms with Gasteiger partial charge in [-0.15, -0.1) is 0 Å². The van der Waals surface area contributed by atoms with Gasteiger partial charge in [0, 0.05) is 18.6 Å². The molecule has 196 valence electrons. The minimum Gasteiger partial charge on any atom is -0.357 e. The number of aryl methyl sites for hydroxylation is 2. The molecule has 0 aliphatic carbocycles. The zero-order valence-corrected chi connectivity index (χ0v) is 23.0. The van der Waals surface area contributed by atoms with Crippen LogP contribution in [0, 0.1) is 13.8 Å². The molecule has 0 fully saturated rings. The van der Waals surface area contributed by atoms with Gasteiger partial charge in [-0.1, -0.05) is 66.6 Å². The fourth-order valence-electron chi connectivity index (χ4n) is 4.18. The van der Waals surface area contributed by atoms with Gasteiger partial charge in [0.1, 0.15) is 12.6 Å². The normalized spacial score (nSPS) is 12.0. The van der Waals surface area contributed by atoms with E-state index >= 15 is 0 Å². The lowest BCUT2D eigenvalue weighted by Gasteiger charge is -2.33. The highest BCUT2D eigenvalue weighted by atomic mass is 35.5. The molecule has 7 nitrogen and oxygen atoms in total. The average molecular weight is 542 g/mol. The molecule has 0 bridgehead atoms. The molecule has 0 aromatic heterocycles. The summed E-state index contributed by atoms with van der Waals surface area (Å²) < 4.78 is 28.7. The van der Waals surface area contributed by atoms with Crippen LogP contribution >= 0.6 is 11.6 Å². The number of hydrogen-bond acceptors (Lipinski definition) is 4. The number of halogens is 1. The fourth-order valence-corrected chi connectivity index (χ4v) is 5.79. The maximum atomic E-state index is 13.9. The van der Waals surface area contributed by atoms with Gasteiger partial charge < -0.3 is 10.2 Å². The van der Waals surface area contributed by atoms with Crippen molar-refractivity contribution < 1.29 is 18.0 Å². The van der Waals surface area contributed by atoms with Crippen molar-refractivity contribution in [1.82, 2.24) is 10.2 Å². The van der Waals surface area contributed by atoms with E-state index in [1.54, 1.807) is 31.2 Å². The Bertz CT molecular complexity index is 1360. The molecule has 3 aromatic rings. The van der Waals surface area contributed by atoms with Crippen molar-refractivity contribution in [2.75, 3.05) is 17.9 Å². The van der Waals surface area contributed by atoms with Gasteiger partial charge in [-0.3, -0.25) is 13.9 Å². The average Bonchev–Trinajstić information content (AvgIpc) is 2.87. The molecule has 0 saturated carbocycles. The second kappa shape index (κ2) is 12.3. The van der Waals surface area contributed by atoms with E-state index in [0.29, 0.717) is 22.7 Å². The predicted molar refractivity (Wildman–Crippen MR) is 147 cm³/mol. The van der Waals surface area contributed by atoms with Crippen molar-refractivity contribution >= 4 is 39.1 Å². The van der Waals surface area contributed by atoms with E-state index in [1.807, 2.05) is 38.1 Å². The first-order valence-corrected chi connectivity index (χ1v) is 13.8. The molecule has 0 aliphatic heterocycles. The second-order valence-corrected chi connectivity index (χ2v) is 11.1. The molecule has 3 rings (SSSR count). The summed E-state index contributed by atoms with van der Waals surface area (Å²) in [6.45, 7) is 5.24. The van der Waals surface area contributed by atoms with Crippen LogP contribution in [-0.4, -0.2) is 44.8 Å². The number of hydrogen-bond donors (Lipinski definition) is 1. The summed E-state index contributed by atoms with van der Waals surface area (Å²) in [5.41, 5.74) is 2.94. The number of benzene rings is 3. The first-order valence-electron chi connectivity index (χ1n) is 12.0. The van der Waals surface area contributed by atoms with Gasteiger partial charge >= 0.3 is 0 Å². The van der Waals surface area contributed by atoms with E-state index < -0.39 is 28.5 Å². The zero-order chi connectivity index (χ0) is 27.2. The van der Waals surface area contributed by atoms with Crippen molar-refractivity contribution in [2.24, 2.45) is 0 Å². The fraction of sp³-hybridized carbons (Fsp3) is 0.286. The van der Waals surface area contributed by atoms with Crippen LogP contribution in [0.15, 0.2) is 77.7 Å². The van der Waals surface area contributed by atoms with Crippen LogP contribution < -0.4 is 9.62 Å². The Balaban J connectivity index is 2.07. The largest absolute Gasteiger partial charge is 0.357 e. The lowest BCUT2D eigenvalue weighted by Crippen LogP contribution is -2.51. The van der Waals surface area contributed by atoms with Gasteiger partial charge in [-0.25, -0.2) is 8.42 Å². The van der Waals surface area contributed by atoms with Crippen LogP contribution in [0.1, 0.15) is 30.0 Å². The number of para-hydroxylation sites is 1. The Labute approximate surface area is 224 Å². The molecule has 9 heteroatoms. The number of anilines is 1. The van der Waals surface area contributed by atoms with Gasteiger partial charge in [0.05, 0.1) is 10.6 Å². The molecule has 2 amide bonds. The van der Waals surface area contributed by atoms with Crippen molar-refractivity contribution in [2.45, 2.75) is 44.7 Å². The van der Waals surface area contributed by atoms with E-state index in [2.05, 4.69) is 5.32 Å². The first-order chi connectivity index (χ1) is 17.6. The maximum Gasteiger partial charge on any atom is 0.264 e. The van der Waals surface area contributed by atoms with E-state index in [4.69, 9.17) is 11.6 Å². The number of carbonyl (C=O) groups excluding carboxylic acids is 2. The molecule has 0 radical (unpaired) electrons. The Hall–Kier alpha value is -3.36. The number of carbonyl (C=O) groups is 2. The van der Waals surface area contributed by atoms with Gasteiger partial charge in [0.15, 0.2) is 0 Å². The minimum absolute atomic E-state index is 0.0107. The van der Waals surface area contributed by atoms with E-state index in [9.17, 15) is 18.0 Å². The molecule has 0 aliphatic rings. The van der Waals surface area contributed by atoms with Gasteiger partial charge in [0.25, 0.3) is 10.0 Å². The van der Waals surface area contributed by atoms with Crippen molar-refractivity contribution in [1.29, 1.82) is 0 Å². The summed E-state index contributed by atoms with van der Waals surface area (Å²) in [7, 11) is -2.61. The SMILES string of the molecule is CC[C@@H](C(=O)NC)N(Cc1cccc(C)c1)C(=O)CN(c1ccccc1C)S(=O)(=O)c1ccc(Cl)cc1. The molecule has 1 N–H and O–H groups in total. The topological polar surface area (TPSA) is 86.8 Å². The Morgan fingerprint density at radius 3 is 2.24 bits per heavy atom. The number of nitrogens with zero attached hydrogens (tertiary/aromatic N) is 2. The molecule has 0 heterocycles. The minimum atomic E-state index is -4.13. The van der Waals surface area contributed by atoms with Crippen LogP contribution in [0.2, 0.25) is 5.02 Å². The van der Waals surface area contributed by atoms with E-state index in [1.165, 1.54) is 36.2 Å². The number of likely N-dealkylation sites (N-methyl/N-ethyl adjacent to an activating group) is 1. The number of nitrogens with one attached hydrogen (secondary N) is 1.